The Labute approximate surface area is 183 Å². The van der Waals surface area contributed by atoms with E-state index in [4.69, 9.17) is 9.47 Å². The van der Waals surface area contributed by atoms with Gasteiger partial charge in [0.15, 0.2) is 16.4 Å². The number of benzene rings is 2. The largest absolute Gasteiger partial charge is 0.493 e. The average molecular weight is 445 g/mol. The molecule has 1 amide bonds. The molecule has 0 spiro atoms. The molecule has 0 radical (unpaired) electrons. The summed E-state index contributed by atoms with van der Waals surface area (Å²) in [4.78, 5) is 13.0. The van der Waals surface area contributed by atoms with Crippen molar-refractivity contribution in [2.75, 3.05) is 25.6 Å². The maximum absolute atomic E-state index is 13.3. The molecular weight excluding hydrogens is 416 g/mol. The summed E-state index contributed by atoms with van der Waals surface area (Å²) in [6, 6.07) is 10.8. The molecule has 2 aromatic carbocycles. The number of fused-ring (bicyclic) bond motifs is 1. The third-order valence-corrected chi connectivity index (χ3v) is 7.53. The van der Waals surface area contributed by atoms with E-state index in [-0.39, 0.29) is 10.9 Å². The summed E-state index contributed by atoms with van der Waals surface area (Å²) in [6.45, 7) is 5.57. The van der Waals surface area contributed by atoms with Gasteiger partial charge in [0.1, 0.15) is 0 Å². The molecule has 0 unspecified atom stereocenters. The molecule has 7 nitrogen and oxygen atoms in total. The van der Waals surface area contributed by atoms with Crippen molar-refractivity contribution in [3.63, 3.8) is 0 Å². The first-order chi connectivity index (χ1) is 14.6. The number of sulfonamides is 1. The third kappa shape index (κ3) is 3.99. The van der Waals surface area contributed by atoms with Crippen molar-refractivity contribution in [2.24, 2.45) is 0 Å². The van der Waals surface area contributed by atoms with E-state index in [2.05, 4.69) is 5.32 Å². The number of carbonyl (C=O) groups excluding carboxylic acids is 1. The lowest BCUT2D eigenvalue weighted by Crippen LogP contribution is -2.40. The van der Waals surface area contributed by atoms with Gasteiger partial charge in [-0.05, 0) is 37.5 Å². The van der Waals surface area contributed by atoms with Crippen LogP contribution < -0.4 is 19.1 Å². The Morgan fingerprint density at radius 2 is 1.65 bits per heavy atom. The number of carbonyl (C=O) groups is 1. The summed E-state index contributed by atoms with van der Waals surface area (Å²) in [5.74, 6) is 0.241. The third-order valence-electron chi connectivity index (χ3n) is 5.60. The van der Waals surface area contributed by atoms with Crippen molar-refractivity contribution in [3.8, 4) is 11.5 Å². The van der Waals surface area contributed by atoms with Gasteiger partial charge in [-0.25, -0.2) is 8.42 Å². The van der Waals surface area contributed by atoms with Crippen LogP contribution in [0.5, 0.6) is 11.5 Å². The van der Waals surface area contributed by atoms with Crippen LogP contribution in [0.4, 0.5) is 5.69 Å². The molecular formula is C23H28N2O5S. The van der Waals surface area contributed by atoms with E-state index in [1.807, 2.05) is 38.1 Å². The Balaban J connectivity index is 2.08. The normalized spacial score (nSPS) is 15.9. The molecule has 0 aromatic heterocycles. The van der Waals surface area contributed by atoms with Crippen LogP contribution in [-0.2, 0) is 14.8 Å². The predicted octanol–water partition coefficient (Wildman–Crippen LogP) is 3.79. The van der Waals surface area contributed by atoms with E-state index in [9.17, 15) is 13.2 Å². The molecule has 2 aromatic rings. The summed E-state index contributed by atoms with van der Waals surface area (Å²) in [5, 5.41) is 2.90. The highest BCUT2D eigenvalue weighted by atomic mass is 32.2. The zero-order valence-corrected chi connectivity index (χ0v) is 19.5. The highest BCUT2D eigenvalue weighted by Crippen LogP contribution is 2.44. The van der Waals surface area contributed by atoms with Gasteiger partial charge in [0.25, 0.3) is 15.9 Å². The summed E-state index contributed by atoms with van der Waals surface area (Å²) in [7, 11) is 0.374. The number of rotatable bonds is 6. The predicted molar refractivity (Wildman–Crippen MR) is 122 cm³/mol. The average Bonchev–Trinajstić information content (AvgIpc) is 2.75. The minimum atomic E-state index is -4.05. The SMILES string of the molecule is CC[C@H](NC(=O)C1=C(C)c2cc(OC)c(OC)cc2N(C)S1(=O)=O)c1ccc(C)cc1. The number of nitrogens with zero attached hydrogens (tertiary/aromatic N) is 1. The number of hydrogen-bond acceptors (Lipinski definition) is 5. The molecule has 166 valence electrons. The van der Waals surface area contributed by atoms with Crippen LogP contribution in [0.15, 0.2) is 41.3 Å². The van der Waals surface area contributed by atoms with E-state index in [1.165, 1.54) is 21.3 Å². The highest BCUT2D eigenvalue weighted by Gasteiger charge is 2.39. The molecule has 31 heavy (non-hydrogen) atoms. The van der Waals surface area contributed by atoms with E-state index in [0.717, 1.165) is 15.4 Å². The van der Waals surface area contributed by atoms with Gasteiger partial charge in [0.05, 0.1) is 25.9 Å². The number of methoxy groups -OCH3 is 2. The van der Waals surface area contributed by atoms with Gasteiger partial charge in [-0.3, -0.25) is 9.10 Å². The molecule has 1 aliphatic rings. The number of aryl methyl sites for hydroxylation is 1. The fourth-order valence-corrected chi connectivity index (χ4v) is 5.22. The Morgan fingerprint density at radius 3 is 2.19 bits per heavy atom. The second-order valence-corrected chi connectivity index (χ2v) is 9.40. The Bertz CT molecular complexity index is 1140. The summed E-state index contributed by atoms with van der Waals surface area (Å²) in [6.07, 6.45) is 0.624. The van der Waals surface area contributed by atoms with Crippen LogP contribution in [0.3, 0.4) is 0 Å². The topological polar surface area (TPSA) is 84.9 Å². The number of anilines is 1. The molecule has 0 aliphatic carbocycles. The first-order valence-electron chi connectivity index (χ1n) is 9.99. The smallest absolute Gasteiger partial charge is 0.269 e. The lowest BCUT2D eigenvalue weighted by Gasteiger charge is -2.31. The zero-order valence-electron chi connectivity index (χ0n) is 18.6. The molecule has 1 heterocycles. The monoisotopic (exact) mass is 444 g/mol. The van der Waals surface area contributed by atoms with Crippen molar-refractivity contribution in [1.82, 2.24) is 5.32 Å². The minimum absolute atomic E-state index is 0.264. The molecule has 0 bridgehead atoms. The molecule has 3 rings (SSSR count). The van der Waals surface area contributed by atoms with Gasteiger partial charge >= 0.3 is 0 Å². The van der Waals surface area contributed by atoms with E-state index in [0.29, 0.717) is 34.7 Å². The maximum atomic E-state index is 13.3. The Hall–Kier alpha value is -3.00. The molecule has 8 heteroatoms. The molecule has 0 saturated heterocycles. The number of allylic oxidation sites excluding steroid dienone is 1. The van der Waals surface area contributed by atoms with Crippen LogP contribution in [0.1, 0.15) is 43.0 Å². The van der Waals surface area contributed by atoms with E-state index >= 15 is 0 Å². The first kappa shape index (κ1) is 22.7. The second kappa shape index (κ2) is 8.63. The lowest BCUT2D eigenvalue weighted by atomic mass is 10.0. The number of nitrogens with one attached hydrogen (secondary N) is 1. The van der Waals surface area contributed by atoms with Crippen molar-refractivity contribution in [1.29, 1.82) is 0 Å². The van der Waals surface area contributed by atoms with Crippen LogP contribution in [-0.4, -0.2) is 35.6 Å². The summed E-state index contributed by atoms with van der Waals surface area (Å²) >= 11 is 0. The molecule has 0 saturated carbocycles. The Kier molecular flexibility index (Phi) is 6.31. The molecule has 1 aliphatic heterocycles. The number of ether oxygens (including phenoxy) is 2. The van der Waals surface area contributed by atoms with Crippen molar-refractivity contribution >= 4 is 27.2 Å². The number of hydrogen-bond donors (Lipinski definition) is 1. The summed E-state index contributed by atoms with van der Waals surface area (Å²) in [5.41, 5.74) is 3.43. The highest BCUT2D eigenvalue weighted by molar-refractivity contribution is 7.97. The van der Waals surface area contributed by atoms with Crippen molar-refractivity contribution in [3.05, 3.63) is 58.0 Å². The van der Waals surface area contributed by atoms with Gasteiger partial charge in [-0.2, -0.15) is 0 Å². The van der Waals surface area contributed by atoms with Crippen LogP contribution in [0.25, 0.3) is 5.57 Å². The van der Waals surface area contributed by atoms with E-state index in [1.54, 1.807) is 19.1 Å². The standard InChI is InChI=1S/C23H28N2O5S/c1-7-18(16-10-8-14(2)9-11-16)24-23(26)22-15(3)17-12-20(29-5)21(30-6)13-19(17)25(4)31(22,27)28/h8-13,18H,7H2,1-6H3,(H,24,26)/t18-/m0/s1. The quantitative estimate of drug-likeness (QED) is 0.733. The fraction of sp³-hybridized carbons (Fsp3) is 0.348. The maximum Gasteiger partial charge on any atom is 0.269 e. The molecule has 1 atom stereocenters. The van der Waals surface area contributed by atoms with Gasteiger partial charge < -0.3 is 14.8 Å². The number of amides is 1. The fourth-order valence-electron chi connectivity index (χ4n) is 3.74. The lowest BCUT2D eigenvalue weighted by molar-refractivity contribution is -0.117. The first-order valence-corrected chi connectivity index (χ1v) is 11.4. The van der Waals surface area contributed by atoms with Crippen molar-refractivity contribution < 1.29 is 22.7 Å². The van der Waals surface area contributed by atoms with Crippen LogP contribution in [0.2, 0.25) is 0 Å². The molecule has 1 N–H and O–H groups in total. The van der Waals surface area contributed by atoms with Gasteiger partial charge in [-0.15, -0.1) is 0 Å². The van der Waals surface area contributed by atoms with Crippen molar-refractivity contribution in [2.45, 2.75) is 33.2 Å². The van der Waals surface area contributed by atoms with Gasteiger partial charge in [0.2, 0.25) is 0 Å². The van der Waals surface area contributed by atoms with Gasteiger partial charge in [-0.1, -0.05) is 36.8 Å². The zero-order chi connectivity index (χ0) is 22.9. The second-order valence-electron chi connectivity index (χ2n) is 7.50. The minimum Gasteiger partial charge on any atom is -0.493 e. The van der Waals surface area contributed by atoms with E-state index < -0.39 is 15.9 Å². The Morgan fingerprint density at radius 1 is 1.06 bits per heavy atom. The molecule has 0 fully saturated rings. The van der Waals surface area contributed by atoms with Gasteiger partial charge in [0, 0.05) is 18.7 Å². The van der Waals surface area contributed by atoms with Crippen LogP contribution in [0, 0.1) is 6.92 Å². The summed E-state index contributed by atoms with van der Waals surface area (Å²) < 4.78 is 38.3. The van der Waals surface area contributed by atoms with Crippen LogP contribution >= 0.6 is 0 Å².